The highest BCUT2D eigenvalue weighted by atomic mass is 19.1. The second kappa shape index (κ2) is 4.11. The molecule has 2 N–H and O–H groups in total. The molecule has 2 aromatic carbocycles. The number of aromatic nitrogens is 1. The van der Waals surface area contributed by atoms with Crippen LogP contribution in [0.15, 0.2) is 54.7 Å². The van der Waals surface area contributed by atoms with Gasteiger partial charge in [0.15, 0.2) is 0 Å². The van der Waals surface area contributed by atoms with E-state index in [4.69, 9.17) is 5.73 Å². The van der Waals surface area contributed by atoms with Crippen molar-refractivity contribution >= 4 is 16.6 Å². The summed E-state index contributed by atoms with van der Waals surface area (Å²) in [4.78, 5) is 4.37. The predicted octanol–water partition coefficient (Wildman–Crippen LogP) is 3.62. The summed E-state index contributed by atoms with van der Waals surface area (Å²) in [5.41, 5.74) is 8.90. The fourth-order valence-corrected chi connectivity index (χ4v) is 2.10. The molecule has 0 saturated carbocycles. The quantitative estimate of drug-likeness (QED) is 0.657. The maximum atomic E-state index is 13.1. The molecule has 0 saturated heterocycles. The van der Waals surface area contributed by atoms with E-state index >= 15 is 0 Å². The lowest BCUT2D eigenvalue weighted by atomic mass is 10.0. The minimum absolute atomic E-state index is 0.329. The fraction of sp³-hybridized carbons (Fsp3) is 0. The molecule has 3 rings (SSSR count). The van der Waals surface area contributed by atoms with E-state index in [1.54, 1.807) is 12.3 Å². The highest BCUT2D eigenvalue weighted by Crippen LogP contribution is 2.31. The Balaban J connectivity index is 2.31. The van der Waals surface area contributed by atoms with Crippen LogP contribution in [0.25, 0.3) is 22.0 Å². The SMILES string of the molecule is Nc1cc(F)ccc1-c1cccc2cccnc12. The fourth-order valence-electron chi connectivity index (χ4n) is 2.10. The molecule has 0 atom stereocenters. The van der Waals surface area contributed by atoms with Crippen LogP contribution in [0.3, 0.4) is 0 Å². The van der Waals surface area contributed by atoms with Crippen molar-refractivity contribution in [3.63, 3.8) is 0 Å². The Bertz CT molecular complexity index is 717. The van der Waals surface area contributed by atoms with Gasteiger partial charge in [0.25, 0.3) is 0 Å². The number of nitrogen functional groups attached to an aromatic ring is 1. The Morgan fingerprint density at radius 1 is 0.944 bits per heavy atom. The third kappa shape index (κ3) is 1.70. The number of para-hydroxylation sites is 1. The number of nitrogens with zero attached hydrogens (tertiary/aromatic N) is 1. The number of fused-ring (bicyclic) bond motifs is 1. The average molecular weight is 238 g/mol. The molecule has 3 aromatic rings. The second-order valence-electron chi connectivity index (χ2n) is 4.11. The van der Waals surface area contributed by atoms with E-state index in [-0.39, 0.29) is 5.82 Å². The van der Waals surface area contributed by atoms with Gasteiger partial charge in [-0.3, -0.25) is 4.98 Å². The number of pyridine rings is 1. The average Bonchev–Trinajstić information content (AvgIpc) is 2.38. The molecular weight excluding hydrogens is 227 g/mol. The van der Waals surface area contributed by atoms with Gasteiger partial charge in [-0.25, -0.2) is 4.39 Å². The highest BCUT2D eigenvalue weighted by Gasteiger charge is 2.08. The van der Waals surface area contributed by atoms with Gasteiger partial charge in [-0.05, 0) is 24.3 Å². The van der Waals surface area contributed by atoms with Crippen molar-refractivity contribution in [1.29, 1.82) is 0 Å². The highest BCUT2D eigenvalue weighted by molar-refractivity contribution is 5.96. The van der Waals surface area contributed by atoms with Crippen molar-refractivity contribution in [2.45, 2.75) is 0 Å². The van der Waals surface area contributed by atoms with E-state index < -0.39 is 0 Å². The first-order valence-electron chi connectivity index (χ1n) is 5.65. The van der Waals surface area contributed by atoms with Crippen LogP contribution in [-0.4, -0.2) is 4.98 Å². The summed E-state index contributed by atoms with van der Waals surface area (Å²) in [5.74, 6) is -0.329. The van der Waals surface area contributed by atoms with Crippen molar-refractivity contribution in [2.75, 3.05) is 5.73 Å². The van der Waals surface area contributed by atoms with Gasteiger partial charge in [0, 0.05) is 28.4 Å². The number of halogens is 1. The molecule has 2 nitrogen and oxygen atoms in total. The van der Waals surface area contributed by atoms with E-state index in [9.17, 15) is 4.39 Å². The van der Waals surface area contributed by atoms with E-state index in [1.165, 1.54) is 12.1 Å². The Kier molecular flexibility index (Phi) is 2.45. The summed E-state index contributed by atoms with van der Waals surface area (Å²) >= 11 is 0. The standard InChI is InChI=1S/C15H11FN2/c16-11-6-7-12(14(17)9-11)13-5-1-3-10-4-2-8-18-15(10)13/h1-9H,17H2. The molecule has 0 aliphatic rings. The zero-order chi connectivity index (χ0) is 12.5. The number of hydrogen-bond acceptors (Lipinski definition) is 2. The minimum atomic E-state index is -0.329. The number of benzene rings is 2. The van der Waals surface area contributed by atoms with Gasteiger partial charge < -0.3 is 5.73 Å². The summed E-state index contributed by atoms with van der Waals surface area (Å²) in [6, 6.07) is 14.2. The van der Waals surface area contributed by atoms with E-state index in [0.29, 0.717) is 5.69 Å². The van der Waals surface area contributed by atoms with Crippen molar-refractivity contribution in [3.05, 3.63) is 60.5 Å². The lowest BCUT2D eigenvalue weighted by Crippen LogP contribution is -1.92. The Labute approximate surface area is 104 Å². The maximum absolute atomic E-state index is 13.1. The topological polar surface area (TPSA) is 38.9 Å². The largest absolute Gasteiger partial charge is 0.398 e. The Morgan fingerprint density at radius 3 is 2.61 bits per heavy atom. The molecule has 88 valence electrons. The van der Waals surface area contributed by atoms with Crippen molar-refractivity contribution in [1.82, 2.24) is 4.98 Å². The van der Waals surface area contributed by atoms with Gasteiger partial charge in [0.2, 0.25) is 0 Å². The third-order valence-electron chi connectivity index (χ3n) is 2.94. The van der Waals surface area contributed by atoms with Gasteiger partial charge in [0.1, 0.15) is 5.82 Å². The third-order valence-corrected chi connectivity index (χ3v) is 2.94. The van der Waals surface area contributed by atoms with E-state index in [2.05, 4.69) is 4.98 Å². The molecule has 0 spiro atoms. The summed E-state index contributed by atoms with van der Waals surface area (Å²) < 4.78 is 13.1. The zero-order valence-electron chi connectivity index (χ0n) is 9.60. The molecule has 1 heterocycles. The number of rotatable bonds is 1. The van der Waals surface area contributed by atoms with Gasteiger partial charge in [0.05, 0.1) is 5.52 Å². The normalized spacial score (nSPS) is 10.7. The molecule has 0 aliphatic heterocycles. The van der Waals surface area contributed by atoms with Crippen molar-refractivity contribution in [3.8, 4) is 11.1 Å². The summed E-state index contributed by atoms with van der Waals surface area (Å²) in [6.07, 6.45) is 1.74. The van der Waals surface area contributed by atoms with Crippen LogP contribution in [0.1, 0.15) is 0 Å². The molecule has 0 unspecified atom stereocenters. The van der Waals surface area contributed by atoms with Gasteiger partial charge in [-0.15, -0.1) is 0 Å². The van der Waals surface area contributed by atoms with E-state index in [1.807, 2.05) is 30.3 Å². The van der Waals surface area contributed by atoms with Crippen molar-refractivity contribution < 1.29 is 4.39 Å². The predicted molar refractivity (Wildman–Crippen MR) is 71.5 cm³/mol. The molecule has 0 amide bonds. The van der Waals surface area contributed by atoms with Crippen LogP contribution in [0, 0.1) is 5.82 Å². The van der Waals surface area contributed by atoms with Gasteiger partial charge >= 0.3 is 0 Å². The Hall–Kier alpha value is -2.42. The zero-order valence-corrected chi connectivity index (χ0v) is 9.60. The minimum Gasteiger partial charge on any atom is -0.398 e. The molecule has 0 aliphatic carbocycles. The molecule has 0 radical (unpaired) electrons. The maximum Gasteiger partial charge on any atom is 0.125 e. The van der Waals surface area contributed by atoms with Crippen LogP contribution in [0.4, 0.5) is 10.1 Å². The van der Waals surface area contributed by atoms with Crippen LogP contribution in [0.5, 0.6) is 0 Å². The number of anilines is 1. The monoisotopic (exact) mass is 238 g/mol. The first-order chi connectivity index (χ1) is 8.75. The molecular formula is C15H11FN2. The van der Waals surface area contributed by atoms with Gasteiger partial charge in [-0.1, -0.05) is 24.3 Å². The molecule has 3 heteroatoms. The first kappa shape index (κ1) is 10.7. The van der Waals surface area contributed by atoms with E-state index in [0.717, 1.165) is 22.0 Å². The lowest BCUT2D eigenvalue weighted by Gasteiger charge is -2.08. The van der Waals surface area contributed by atoms with Crippen LogP contribution in [0.2, 0.25) is 0 Å². The van der Waals surface area contributed by atoms with Crippen LogP contribution in [-0.2, 0) is 0 Å². The smallest absolute Gasteiger partial charge is 0.125 e. The molecule has 0 bridgehead atoms. The molecule has 1 aromatic heterocycles. The molecule has 18 heavy (non-hydrogen) atoms. The lowest BCUT2D eigenvalue weighted by molar-refractivity contribution is 0.628. The summed E-state index contributed by atoms with van der Waals surface area (Å²) in [5, 5.41) is 1.04. The molecule has 0 fully saturated rings. The summed E-state index contributed by atoms with van der Waals surface area (Å²) in [6.45, 7) is 0. The first-order valence-corrected chi connectivity index (χ1v) is 5.65. The van der Waals surface area contributed by atoms with Crippen LogP contribution >= 0.6 is 0 Å². The summed E-state index contributed by atoms with van der Waals surface area (Å²) in [7, 11) is 0. The van der Waals surface area contributed by atoms with Crippen molar-refractivity contribution in [2.24, 2.45) is 0 Å². The number of nitrogens with two attached hydrogens (primary N) is 1. The number of hydrogen-bond donors (Lipinski definition) is 1. The second-order valence-corrected chi connectivity index (χ2v) is 4.11. The van der Waals surface area contributed by atoms with Gasteiger partial charge in [-0.2, -0.15) is 0 Å². The van der Waals surface area contributed by atoms with Crippen LogP contribution < -0.4 is 5.73 Å². The Morgan fingerprint density at radius 2 is 1.78 bits per heavy atom.